The van der Waals surface area contributed by atoms with Crippen LogP contribution in [-0.2, 0) is 9.59 Å². The van der Waals surface area contributed by atoms with Crippen molar-refractivity contribution in [3.05, 3.63) is 28.5 Å². The van der Waals surface area contributed by atoms with Gasteiger partial charge in [-0.25, -0.2) is 9.18 Å². The summed E-state index contributed by atoms with van der Waals surface area (Å²) in [6.07, 6.45) is 0.504. The van der Waals surface area contributed by atoms with Crippen molar-refractivity contribution in [1.29, 1.82) is 0 Å². The molecule has 8 heteroatoms. The number of halogens is 2. The van der Waals surface area contributed by atoms with Crippen LogP contribution in [0.5, 0.6) is 0 Å². The first-order chi connectivity index (χ1) is 10.8. The minimum Gasteiger partial charge on any atom is -0.326 e. The van der Waals surface area contributed by atoms with Crippen LogP contribution >= 0.6 is 15.9 Å². The number of nitrogens with zero attached hydrogens (tertiary/aromatic N) is 1. The van der Waals surface area contributed by atoms with E-state index in [1.807, 2.05) is 13.8 Å². The first kappa shape index (κ1) is 17.4. The molecule has 0 aliphatic carbocycles. The van der Waals surface area contributed by atoms with Gasteiger partial charge in [-0.05, 0) is 30.5 Å². The summed E-state index contributed by atoms with van der Waals surface area (Å²) in [7, 11) is 0. The zero-order valence-electron chi connectivity index (χ0n) is 12.7. The molecule has 6 nitrogen and oxygen atoms in total. The molecule has 0 bridgehead atoms. The molecule has 1 aromatic rings. The second-order valence-corrected chi connectivity index (χ2v) is 6.64. The summed E-state index contributed by atoms with van der Waals surface area (Å²) < 4.78 is 14.2. The third-order valence-corrected chi connectivity index (χ3v) is 3.81. The summed E-state index contributed by atoms with van der Waals surface area (Å²) >= 11 is 3.12. The number of imide groups is 1. The van der Waals surface area contributed by atoms with Crippen molar-refractivity contribution in [3.8, 4) is 0 Å². The molecule has 23 heavy (non-hydrogen) atoms. The van der Waals surface area contributed by atoms with E-state index in [-0.39, 0.29) is 11.6 Å². The van der Waals surface area contributed by atoms with Crippen LogP contribution in [0, 0.1) is 11.7 Å². The number of hydrogen-bond acceptors (Lipinski definition) is 3. The van der Waals surface area contributed by atoms with Gasteiger partial charge in [0.05, 0.1) is 5.69 Å². The summed E-state index contributed by atoms with van der Waals surface area (Å²) in [6, 6.07) is 2.96. The number of carbonyl (C=O) groups excluding carboxylic acids is 3. The van der Waals surface area contributed by atoms with Crippen molar-refractivity contribution in [2.45, 2.75) is 26.3 Å². The molecule has 1 aliphatic heterocycles. The summed E-state index contributed by atoms with van der Waals surface area (Å²) in [5.41, 5.74) is -0.0102. The lowest BCUT2D eigenvalue weighted by Gasteiger charge is -2.14. The quantitative estimate of drug-likeness (QED) is 0.764. The van der Waals surface area contributed by atoms with Crippen molar-refractivity contribution < 1.29 is 18.8 Å². The minimum atomic E-state index is -0.639. The molecule has 1 fully saturated rings. The second-order valence-electron chi connectivity index (χ2n) is 5.73. The predicted molar refractivity (Wildman–Crippen MR) is 86.2 cm³/mol. The SMILES string of the molecule is CC(C)C[C@H]1NC(=O)N(CC(=O)Nc2ccc(Br)cc2F)C1=O. The van der Waals surface area contributed by atoms with Crippen LogP contribution in [0.15, 0.2) is 22.7 Å². The van der Waals surface area contributed by atoms with Gasteiger partial charge >= 0.3 is 6.03 Å². The lowest BCUT2D eigenvalue weighted by molar-refractivity contribution is -0.131. The standard InChI is InChI=1S/C15H17BrFN3O3/c1-8(2)5-12-14(22)20(15(23)19-12)7-13(21)18-11-4-3-9(16)6-10(11)17/h3-4,6,8,12H,5,7H2,1-2H3,(H,18,21)(H,19,23)/t12-/m1/s1. The van der Waals surface area contributed by atoms with Gasteiger partial charge in [-0.2, -0.15) is 0 Å². The van der Waals surface area contributed by atoms with Crippen molar-refractivity contribution >= 4 is 39.5 Å². The number of anilines is 1. The molecule has 0 saturated carbocycles. The van der Waals surface area contributed by atoms with E-state index < -0.39 is 36.2 Å². The number of carbonyl (C=O) groups is 3. The Morgan fingerprint density at radius 3 is 2.74 bits per heavy atom. The molecule has 2 N–H and O–H groups in total. The zero-order chi connectivity index (χ0) is 17.1. The van der Waals surface area contributed by atoms with Gasteiger partial charge in [0, 0.05) is 4.47 Å². The van der Waals surface area contributed by atoms with E-state index in [1.54, 1.807) is 6.07 Å². The van der Waals surface area contributed by atoms with Gasteiger partial charge in [-0.3, -0.25) is 14.5 Å². The van der Waals surface area contributed by atoms with E-state index in [0.717, 1.165) is 4.90 Å². The van der Waals surface area contributed by atoms with E-state index in [4.69, 9.17) is 0 Å². The van der Waals surface area contributed by atoms with E-state index in [1.165, 1.54) is 12.1 Å². The van der Waals surface area contributed by atoms with Crippen LogP contribution in [0.2, 0.25) is 0 Å². The van der Waals surface area contributed by atoms with Gasteiger partial charge in [0.25, 0.3) is 5.91 Å². The Morgan fingerprint density at radius 1 is 1.43 bits per heavy atom. The van der Waals surface area contributed by atoms with Gasteiger partial charge < -0.3 is 10.6 Å². The Balaban J connectivity index is 1.99. The molecule has 0 radical (unpaired) electrons. The fourth-order valence-electron chi connectivity index (χ4n) is 2.28. The Hall–Kier alpha value is -1.96. The molecule has 2 rings (SSSR count). The average molecular weight is 386 g/mol. The number of rotatable bonds is 5. The summed E-state index contributed by atoms with van der Waals surface area (Å²) in [6.45, 7) is 3.42. The number of urea groups is 1. The number of nitrogens with one attached hydrogen (secondary N) is 2. The third-order valence-electron chi connectivity index (χ3n) is 3.32. The Bertz CT molecular complexity index is 651. The molecule has 1 aliphatic rings. The minimum absolute atomic E-state index is 0.0102. The smallest absolute Gasteiger partial charge is 0.325 e. The molecule has 1 heterocycles. The highest BCUT2D eigenvalue weighted by Crippen LogP contribution is 2.20. The van der Waals surface area contributed by atoms with Crippen LogP contribution in [0.1, 0.15) is 20.3 Å². The maximum atomic E-state index is 13.7. The Labute approximate surface area is 141 Å². The van der Waals surface area contributed by atoms with Crippen LogP contribution < -0.4 is 10.6 Å². The van der Waals surface area contributed by atoms with Crippen LogP contribution in [0.3, 0.4) is 0 Å². The Kier molecular flexibility index (Phi) is 5.35. The van der Waals surface area contributed by atoms with E-state index >= 15 is 0 Å². The molecule has 124 valence electrons. The number of benzene rings is 1. The van der Waals surface area contributed by atoms with Crippen molar-refractivity contribution in [2.24, 2.45) is 5.92 Å². The maximum Gasteiger partial charge on any atom is 0.325 e. The van der Waals surface area contributed by atoms with E-state index in [0.29, 0.717) is 10.9 Å². The predicted octanol–water partition coefficient (Wildman–Crippen LogP) is 2.49. The van der Waals surface area contributed by atoms with E-state index in [9.17, 15) is 18.8 Å². The first-order valence-electron chi connectivity index (χ1n) is 7.14. The number of amides is 4. The number of hydrogen-bond donors (Lipinski definition) is 2. The third kappa shape index (κ3) is 4.28. The second kappa shape index (κ2) is 7.08. The monoisotopic (exact) mass is 385 g/mol. The summed E-state index contributed by atoms with van der Waals surface area (Å²) in [4.78, 5) is 36.8. The maximum absolute atomic E-state index is 13.7. The zero-order valence-corrected chi connectivity index (χ0v) is 14.3. The normalized spacial score (nSPS) is 17.6. The van der Waals surface area contributed by atoms with Crippen molar-refractivity contribution in [2.75, 3.05) is 11.9 Å². The summed E-state index contributed by atoms with van der Waals surface area (Å²) in [5.74, 6) is -1.45. The summed E-state index contributed by atoms with van der Waals surface area (Å²) in [5, 5.41) is 4.90. The molecule has 4 amide bonds. The fraction of sp³-hybridized carbons (Fsp3) is 0.400. The van der Waals surface area contributed by atoms with E-state index in [2.05, 4.69) is 26.6 Å². The van der Waals surface area contributed by atoms with Crippen LogP contribution in [-0.4, -0.2) is 35.3 Å². The Morgan fingerprint density at radius 2 is 2.13 bits per heavy atom. The van der Waals surface area contributed by atoms with Gasteiger partial charge in [-0.15, -0.1) is 0 Å². The van der Waals surface area contributed by atoms with Gasteiger partial charge in [0.2, 0.25) is 5.91 Å². The molecule has 1 atom stereocenters. The van der Waals surface area contributed by atoms with Crippen molar-refractivity contribution in [1.82, 2.24) is 10.2 Å². The van der Waals surface area contributed by atoms with Crippen LogP contribution in [0.4, 0.5) is 14.9 Å². The fourth-order valence-corrected chi connectivity index (χ4v) is 2.62. The van der Waals surface area contributed by atoms with Crippen molar-refractivity contribution in [3.63, 3.8) is 0 Å². The van der Waals surface area contributed by atoms with Gasteiger partial charge in [0.1, 0.15) is 18.4 Å². The lowest BCUT2D eigenvalue weighted by Crippen LogP contribution is -2.38. The highest BCUT2D eigenvalue weighted by molar-refractivity contribution is 9.10. The van der Waals surface area contributed by atoms with Gasteiger partial charge in [0.15, 0.2) is 0 Å². The topological polar surface area (TPSA) is 78.5 Å². The molecular formula is C15H17BrFN3O3. The molecular weight excluding hydrogens is 369 g/mol. The molecule has 1 saturated heterocycles. The first-order valence-corrected chi connectivity index (χ1v) is 7.94. The molecule has 0 spiro atoms. The highest BCUT2D eigenvalue weighted by Gasteiger charge is 2.39. The van der Waals surface area contributed by atoms with Gasteiger partial charge in [-0.1, -0.05) is 29.8 Å². The average Bonchev–Trinajstić information content (AvgIpc) is 2.69. The van der Waals surface area contributed by atoms with Crippen LogP contribution in [0.25, 0.3) is 0 Å². The largest absolute Gasteiger partial charge is 0.326 e. The highest BCUT2D eigenvalue weighted by atomic mass is 79.9. The lowest BCUT2D eigenvalue weighted by atomic mass is 10.0. The molecule has 0 aromatic heterocycles. The molecule has 0 unspecified atom stereocenters. The molecule has 1 aromatic carbocycles.